The number of hydrogen-bond acceptors (Lipinski definition) is 6. The molecular weight excluding hydrogens is 409 g/mol. The van der Waals surface area contributed by atoms with E-state index in [2.05, 4.69) is 22.1 Å². The highest BCUT2D eigenvalue weighted by Gasteiger charge is 2.22. The first-order valence-corrected chi connectivity index (χ1v) is 10.4. The highest BCUT2D eigenvalue weighted by molar-refractivity contribution is 5.98. The molecule has 0 aliphatic heterocycles. The Kier molecular flexibility index (Phi) is 5.18. The molecule has 1 aliphatic carbocycles. The van der Waals surface area contributed by atoms with Gasteiger partial charge in [0.1, 0.15) is 23.6 Å². The minimum Gasteiger partial charge on any atom is -0.494 e. The van der Waals surface area contributed by atoms with E-state index in [-0.39, 0.29) is 17.5 Å². The van der Waals surface area contributed by atoms with Gasteiger partial charge < -0.3 is 15.2 Å². The van der Waals surface area contributed by atoms with Crippen molar-refractivity contribution in [2.24, 2.45) is 0 Å². The van der Waals surface area contributed by atoms with E-state index < -0.39 is 5.82 Å². The van der Waals surface area contributed by atoms with Gasteiger partial charge in [0.2, 0.25) is 5.82 Å². The molecule has 7 nitrogen and oxygen atoms in total. The van der Waals surface area contributed by atoms with E-state index in [1.807, 2.05) is 16.8 Å². The summed E-state index contributed by atoms with van der Waals surface area (Å²) in [4.78, 5) is 8.64. The van der Waals surface area contributed by atoms with Crippen molar-refractivity contribution < 1.29 is 13.9 Å². The number of benzene rings is 2. The maximum atomic E-state index is 14.4. The van der Waals surface area contributed by atoms with Crippen LogP contribution in [0.25, 0.3) is 22.3 Å². The Labute approximate surface area is 184 Å². The predicted molar refractivity (Wildman–Crippen MR) is 120 cm³/mol. The topological polar surface area (TPSA) is 88.1 Å². The third-order valence-corrected chi connectivity index (χ3v) is 5.61. The first-order valence-electron chi connectivity index (χ1n) is 10.4. The van der Waals surface area contributed by atoms with Crippen LogP contribution in [0.5, 0.6) is 17.2 Å². The van der Waals surface area contributed by atoms with Gasteiger partial charge in [-0.25, -0.2) is 14.6 Å². The van der Waals surface area contributed by atoms with E-state index >= 15 is 0 Å². The van der Waals surface area contributed by atoms with Gasteiger partial charge in [0, 0.05) is 5.56 Å². The Morgan fingerprint density at radius 2 is 1.88 bits per heavy atom. The van der Waals surface area contributed by atoms with Gasteiger partial charge in [-0.3, -0.25) is 0 Å². The van der Waals surface area contributed by atoms with Crippen LogP contribution in [0.2, 0.25) is 0 Å². The third-order valence-electron chi connectivity index (χ3n) is 5.61. The molecule has 32 heavy (non-hydrogen) atoms. The number of nitrogen functional groups attached to an aromatic ring is 1. The summed E-state index contributed by atoms with van der Waals surface area (Å²) in [5, 5.41) is 5.61. The van der Waals surface area contributed by atoms with Crippen molar-refractivity contribution in [1.82, 2.24) is 19.7 Å². The number of rotatable bonds is 5. The van der Waals surface area contributed by atoms with Crippen molar-refractivity contribution in [2.75, 3.05) is 12.8 Å². The Morgan fingerprint density at radius 1 is 1.06 bits per heavy atom. The summed E-state index contributed by atoms with van der Waals surface area (Å²) in [5.74, 6) is 0.557. The lowest BCUT2D eigenvalue weighted by atomic mass is 10.0. The van der Waals surface area contributed by atoms with E-state index in [1.54, 1.807) is 30.3 Å². The molecular formula is C24H22FN5O2. The van der Waals surface area contributed by atoms with Crippen molar-refractivity contribution in [3.8, 4) is 28.5 Å². The lowest BCUT2D eigenvalue weighted by Crippen LogP contribution is -2.12. The number of ether oxygens (including phenoxy) is 2. The minimum absolute atomic E-state index is 0.0924. The number of nitrogens with two attached hydrogens (primary N) is 1. The highest BCUT2D eigenvalue weighted by atomic mass is 19.1. The first kappa shape index (κ1) is 20.0. The summed E-state index contributed by atoms with van der Waals surface area (Å²) in [6, 6.07) is 12.3. The number of nitrogens with zero attached hydrogens (tertiary/aromatic N) is 4. The van der Waals surface area contributed by atoms with Crippen LogP contribution in [-0.2, 0) is 0 Å². The number of hydrogen-bond donors (Lipinski definition) is 1. The van der Waals surface area contributed by atoms with Gasteiger partial charge in [0.15, 0.2) is 17.1 Å². The molecule has 2 heterocycles. The molecule has 0 bridgehead atoms. The van der Waals surface area contributed by atoms with Gasteiger partial charge in [-0.05, 0) is 55.7 Å². The fraction of sp³-hybridized carbons (Fsp3) is 0.208. The number of halogens is 1. The Morgan fingerprint density at radius 3 is 2.62 bits per heavy atom. The maximum absolute atomic E-state index is 14.4. The van der Waals surface area contributed by atoms with Crippen LogP contribution in [0, 0.1) is 5.82 Å². The molecule has 0 spiro atoms. The molecule has 162 valence electrons. The fourth-order valence-electron chi connectivity index (χ4n) is 3.99. The molecule has 0 amide bonds. The lowest BCUT2D eigenvalue weighted by molar-refractivity contribution is 0.368. The monoisotopic (exact) mass is 431 g/mol. The van der Waals surface area contributed by atoms with Gasteiger partial charge in [-0.1, -0.05) is 18.2 Å². The smallest absolute Gasteiger partial charge is 0.207 e. The number of fused-ring (bicyclic) bond motifs is 1. The van der Waals surface area contributed by atoms with E-state index in [4.69, 9.17) is 20.3 Å². The molecule has 2 N–H and O–H groups in total. The molecule has 1 aliphatic rings. The number of aromatic nitrogens is 4. The molecule has 0 fully saturated rings. The van der Waals surface area contributed by atoms with Gasteiger partial charge in [0.05, 0.1) is 18.5 Å². The fourth-order valence-corrected chi connectivity index (χ4v) is 3.99. The van der Waals surface area contributed by atoms with Crippen LogP contribution in [0.3, 0.4) is 0 Å². The molecule has 5 rings (SSSR count). The van der Waals surface area contributed by atoms with Crippen LogP contribution < -0.4 is 15.2 Å². The Bertz CT molecular complexity index is 1300. The van der Waals surface area contributed by atoms with Crippen LogP contribution >= 0.6 is 0 Å². The van der Waals surface area contributed by atoms with E-state index in [0.717, 1.165) is 35.9 Å². The molecule has 2 aromatic heterocycles. The summed E-state index contributed by atoms with van der Waals surface area (Å²) in [6.45, 7) is 0. The average Bonchev–Trinajstić information content (AvgIpc) is 3.23. The Balaban J connectivity index is 1.50. The molecule has 4 aromatic rings. The van der Waals surface area contributed by atoms with Gasteiger partial charge >= 0.3 is 0 Å². The lowest BCUT2D eigenvalue weighted by Gasteiger charge is -2.18. The molecule has 8 heteroatoms. The highest BCUT2D eigenvalue weighted by Crippen LogP contribution is 2.36. The maximum Gasteiger partial charge on any atom is 0.207 e. The average molecular weight is 431 g/mol. The standard InChI is InChI=1S/C24H22FN5O2/c1-31-18-8-5-9-19(21(18)25)32-17-12-10-15(11-13-17)22-20-23(26)27-14-28-24(20)30(29-22)16-6-3-2-4-7-16/h2-3,5,8-14,16H,4,6-7H2,1H3,(H2,26,27,28). The second-order valence-electron chi connectivity index (χ2n) is 7.59. The van der Waals surface area contributed by atoms with Crippen molar-refractivity contribution in [2.45, 2.75) is 25.3 Å². The summed E-state index contributed by atoms with van der Waals surface area (Å²) in [5.41, 5.74) is 8.51. The van der Waals surface area contributed by atoms with Crippen molar-refractivity contribution in [3.63, 3.8) is 0 Å². The van der Waals surface area contributed by atoms with Gasteiger partial charge in [-0.15, -0.1) is 0 Å². The SMILES string of the molecule is COc1cccc(Oc2ccc(-c3nn(C4CC=CCC4)c4ncnc(N)c34)cc2)c1F. The van der Waals surface area contributed by atoms with Crippen molar-refractivity contribution in [1.29, 1.82) is 0 Å². The van der Waals surface area contributed by atoms with Crippen molar-refractivity contribution in [3.05, 3.63) is 66.8 Å². The number of methoxy groups -OCH3 is 1. The zero-order valence-electron chi connectivity index (χ0n) is 17.5. The first-order chi connectivity index (χ1) is 15.7. The summed E-state index contributed by atoms with van der Waals surface area (Å²) in [7, 11) is 1.42. The largest absolute Gasteiger partial charge is 0.494 e. The van der Waals surface area contributed by atoms with Crippen LogP contribution in [-0.4, -0.2) is 26.9 Å². The zero-order valence-corrected chi connectivity index (χ0v) is 17.5. The molecule has 0 saturated carbocycles. The summed E-state index contributed by atoms with van der Waals surface area (Å²) >= 11 is 0. The zero-order chi connectivity index (χ0) is 22.1. The number of anilines is 1. The van der Waals surface area contributed by atoms with Crippen LogP contribution in [0.15, 0.2) is 60.9 Å². The molecule has 1 atom stereocenters. The van der Waals surface area contributed by atoms with Gasteiger partial charge in [-0.2, -0.15) is 9.49 Å². The summed E-state index contributed by atoms with van der Waals surface area (Å²) < 4.78 is 27.1. The summed E-state index contributed by atoms with van der Waals surface area (Å²) in [6.07, 6.45) is 8.74. The van der Waals surface area contributed by atoms with E-state index in [1.165, 1.54) is 13.4 Å². The quantitative estimate of drug-likeness (QED) is 0.432. The third kappa shape index (κ3) is 3.53. The molecule has 1 unspecified atom stereocenters. The molecule has 0 saturated heterocycles. The Hall–Kier alpha value is -3.94. The van der Waals surface area contributed by atoms with Crippen LogP contribution in [0.4, 0.5) is 10.2 Å². The second-order valence-corrected chi connectivity index (χ2v) is 7.59. The predicted octanol–water partition coefficient (Wildman–Crippen LogP) is 5.30. The molecule has 0 radical (unpaired) electrons. The minimum atomic E-state index is -0.546. The van der Waals surface area contributed by atoms with Crippen molar-refractivity contribution >= 4 is 16.9 Å². The van der Waals surface area contributed by atoms with E-state index in [9.17, 15) is 4.39 Å². The van der Waals surface area contributed by atoms with E-state index in [0.29, 0.717) is 17.3 Å². The van der Waals surface area contributed by atoms with Gasteiger partial charge in [0.25, 0.3) is 0 Å². The second kappa shape index (κ2) is 8.30. The molecule has 2 aromatic carbocycles. The van der Waals surface area contributed by atoms with Crippen LogP contribution in [0.1, 0.15) is 25.3 Å². The number of allylic oxidation sites excluding steroid dienone is 2. The normalized spacial score (nSPS) is 15.8.